The van der Waals surface area contributed by atoms with Crippen LogP contribution in [0.5, 0.6) is 5.75 Å². The van der Waals surface area contributed by atoms with E-state index in [1.54, 1.807) is 12.1 Å². The summed E-state index contributed by atoms with van der Waals surface area (Å²) in [5, 5.41) is 12.3. The maximum Gasteiger partial charge on any atom is 0.339 e. The highest BCUT2D eigenvalue weighted by Gasteiger charge is 2.20. The van der Waals surface area contributed by atoms with E-state index < -0.39 is 5.97 Å². The third-order valence-corrected chi connectivity index (χ3v) is 2.67. The largest absolute Gasteiger partial charge is 0.496 e. The van der Waals surface area contributed by atoms with Crippen molar-refractivity contribution < 1.29 is 14.6 Å². The second-order valence-electron chi connectivity index (χ2n) is 3.99. The molecule has 0 bridgehead atoms. The fourth-order valence-corrected chi connectivity index (χ4v) is 1.57. The van der Waals surface area contributed by atoms with Crippen molar-refractivity contribution in [2.45, 2.75) is 25.4 Å². The molecule has 0 unspecified atom stereocenters. The molecule has 0 heterocycles. The molecule has 1 aliphatic carbocycles. The Kier molecular flexibility index (Phi) is 3.10. The van der Waals surface area contributed by atoms with Gasteiger partial charge in [0.1, 0.15) is 11.3 Å². The lowest BCUT2D eigenvalue weighted by Gasteiger charge is -2.08. The lowest BCUT2D eigenvalue weighted by molar-refractivity contribution is 0.0693. The van der Waals surface area contributed by atoms with E-state index in [2.05, 4.69) is 5.32 Å². The van der Waals surface area contributed by atoms with E-state index >= 15 is 0 Å². The highest BCUT2D eigenvalue weighted by Crippen LogP contribution is 2.22. The van der Waals surface area contributed by atoms with Crippen LogP contribution in [0.2, 0.25) is 0 Å². The first-order chi connectivity index (χ1) is 7.70. The van der Waals surface area contributed by atoms with Crippen LogP contribution in [0, 0.1) is 0 Å². The standard InChI is InChI=1S/C12H15NO3/c1-16-11-6-8(7-13-9-3-4-9)2-5-10(11)12(14)15/h2,5-6,9,13H,3-4,7H2,1H3,(H,14,15). The fraction of sp³-hybridized carbons (Fsp3) is 0.417. The Morgan fingerprint density at radius 3 is 2.88 bits per heavy atom. The van der Waals surface area contributed by atoms with Crippen LogP contribution in [0.15, 0.2) is 18.2 Å². The molecular formula is C12H15NO3. The topological polar surface area (TPSA) is 58.6 Å². The lowest BCUT2D eigenvalue weighted by atomic mass is 10.1. The zero-order chi connectivity index (χ0) is 11.5. The van der Waals surface area contributed by atoms with Gasteiger partial charge in [0.2, 0.25) is 0 Å². The van der Waals surface area contributed by atoms with Crippen molar-refractivity contribution in [1.82, 2.24) is 5.32 Å². The third kappa shape index (κ3) is 2.52. The molecule has 1 aromatic rings. The first kappa shape index (κ1) is 11.0. The molecule has 1 fully saturated rings. The Bertz CT molecular complexity index is 399. The Morgan fingerprint density at radius 1 is 1.56 bits per heavy atom. The van der Waals surface area contributed by atoms with Crippen LogP contribution in [-0.4, -0.2) is 24.2 Å². The molecule has 0 aliphatic heterocycles. The molecule has 2 rings (SSSR count). The van der Waals surface area contributed by atoms with Gasteiger partial charge in [-0.3, -0.25) is 0 Å². The van der Waals surface area contributed by atoms with Gasteiger partial charge in [0.25, 0.3) is 0 Å². The fourth-order valence-electron chi connectivity index (χ4n) is 1.57. The monoisotopic (exact) mass is 221 g/mol. The van der Waals surface area contributed by atoms with Crippen LogP contribution >= 0.6 is 0 Å². The van der Waals surface area contributed by atoms with Gasteiger partial charge in [0.05, 0.1) is 7.11 Å². The smallest absolute Gasteiger partial charge is 0.339 e. The maximum atomic E-state index is 10.9. The van der Waals surface area contributed by atoms with Crippen molar-refractivity contribution in [3.05, 3.63) is 29.3 Å². The number of hydrogen-bond acceptors (Lipinski definition) is 3. The van der Waals surface area contributed by atoms with E-state index in [9.17, 15) is 4.79 Å². The number of methoxy groups -OCH3 is 1. The van der Waals surface area contributed by atoms with E-state index in [1.165, 1.54) is 20.0 Å². The number of carbonyl (C=O) groups is 1. The Balaban J connectivity index is 2.11. The Hall–Kier alpha value is -1.55. The average molecular weight is 221 g/mol. The van der Waals surface area contributed by atoms with E-state index in [0.717, 1.165) is 12.1 Å². The molecule has 4 nitrogen and oxygen atoms in total. The minimum atomic E-state index is -0.960. The van der Waals surface area contributed by atoms with Crippen LogP contribution in [-0.2, 0) is 6.54 Å². The Morgan fingerprint density at radius 2 is 2.31 bits per heavy atom. The summed E-state index contributed by atoms with van der Waals surface area (Å²) in [5.74, 6) is -0.541. The van der Waals surface area contributed by atoms with E-state index in [4.69, 9.17) is 9.84 Å². The van der Waals surface area contributed by atoms with Crippen molar-refractivity contribution in [2.75, 3.05) is 7.11 Å². The van der Waals surface area contributed by atoms with Crippen LogP contribution in [0.4, 0.5) is 0 Å². The molecule has 0 spiro atoms. The van der Waals surface area contributed by atoms with Gasteiger partial charge in [-0.25, -0.2) is 4.79 Å². The average Bonchev–Trinajstić information content (AvgIpc) is 3.09. The van der Waals surface area contributed by atoms with Gasteiger partial charge in [-0.15, -0.1) is 0 Å². The first-order valence-electron chi connectivity index (χ1n) is 5.34. The molecule has 1 saturated carbocycles. The number of ether oxygens (including phenoxy) is 1. The summed E-state index contributed by atoms with van der Waals surface area (Å²) < 4.78 is 5.06. The molecule has 1 aliphatic rings. The summed E-state index contributed by atoms with van der Waals surface area (Å²) in [6.45, 7) is 0.765. The molecule has 1 aromatic carbocycles. The van der Waals surface area contributed by atoms with E-state index in [1.807, 2.05) is 6.07 Å². The highest BCUT2D eigenvalue weighted by atomic mass is 16.5. The lowest BCUT2D eigenvalue weighted by Crippen LogP contribution is -2.15. The minimum absolute atomic E-state index is 0.206. The van der Waals surface area contributed by atoms with Gasteiger partial charge in [-0.1, -0.05) is 6.07 Å². The molecule has 0 radical (unpaired) electrons. The second-order valence-corrected chi connectivity index (χ2v) is 3.99. The van der Waals surface area contributed by atoms with Gasteiger partial charge < -0.3 is 15.2 Å². The summed E-state index contributed by atoms with van der Waals surface area (Å²) in [5.41, 5.74) is 1.26. The summed E-state index contributed by atoms with van der Waals surface area (Å²) in [6.07, 6.45) is 2.48. The first-order valence-corrected chi connectivity index (χ1v) is 5.34. The van der Waals surface area contributed by atoms with Crippen LogP contribution in [0.3, 0.4) is 0 Å². The number of aromatic carboxylic acids is 1. The maximum absolute atomic E-state index is 10.9. The third-order valence-electron chi connectivity index (χ3n) is 2.67. The predicted octanol–water partition coefficient (Wildman–Crippen LogP) is 1.65. The molecule has 2 N–H and O–H groups in total. The molecule has 16 heavy (non-hydrogen) atoms. The molecular weight excluding hydrogens is 206 g/mol. The van der Waals surface area contributed by atoms with Crippen molar-refractivity contribution >= 4 is 5.97 Å². The summed E-state index contributed by atoms with van der Waals surface area (Å²) in [4.78, 5) is 10.9. The van der Waals surface area contributed by atoms with Gasteiger partial charge in [0, 0.05) is 12.6 Å². The number of rotatable bonds is 5. The predicted molar refractivity (Wildman–Crippen MR) is 59.8 cm³/mol. The summed E-state index contributed by atoms with van der Waals surface area (Å²) >= 11 is 0. The van der Waals surface area contributed by atoms with Gasteiger partial charge >= 0.3 is 5.97 Å². The SMILES string of the molecule is COc1cc(CNC2CC2)ccc1C(=O)O. The second kappa shape index (κ2) is 4.53. The Labute approximate surface area is 94.2 Å². The van der Waals surface area contributed by atoms with Crippen LogP contribution < -0.4 is 10.1 Å². The van der Waals surface area contributed by atoms with Crippen molar-refractivity contribution in [3.8, 4) is 5.75 Å². The zero-order valence-electron chi connectivity index (χ0n) is 9.19. The number of nitrogens with one attached hydrogen (secondary N) is 1. The zero-order valence-corrected chi connectivity index (χ0v) is 9.19. The summed E-state index contributed by atoms with van der Waals surface area (Å²) in [6, 6.07) is 5.83. The molecule has 4 heteroatoms. The number of carboxylic acid groups (broad SMARTS) is 1. The van der Waals surface area contributed by atoms with Crippen LogP contribution in [0.1, 0.15) is 28.8 Å². The molecule has 0 atom stereocenters. The van der Waals surface area contributed by atoms with E-state index in [-0.39, 0.29) is 5.56 Å². The quantitative estimate of drug-likeness (QED) is 0.793. The molecule has 0 saturated heterocycles. The molecule has 0 amide bonds. The number of hydrogen-bond donors (Lipinski definition) is 2. The van der Waals surface area contributed by atoms with Gasteiger partial charge in [-0.05, 0) is 30.5 Å². The molecule has 86 valence electrons. The molecule has 0 aromatic heterocycles. The van der Waals surface area contributed by atoms with Crippen molar-refractivity contribution in [3.63, 3.8) is 0 Å². The van der Waals surface area contributed by atoms with Crippen molar-refractivity contribution in [1.29, 1.82) is 0 Å². The van der Waals surface area contributed by atoms with E-state index in [0.29, 0.717) is 11.8 Å². The van der Waals surface area contributed by atoms with Gasteiger partial charge in [-0.2, -0.15) is 0 Å². The number of benzene rings is 1. The summed E-state index contributed by atoms with van der Waals surface area (Å²) in [7, 11) is 1.49. The van der Waals surface area contributed by atoms with Gasteiger partial charge in [0.15, 0.2) is 0 Å². The highest BCUT2D eigenvalue weighted by molar-refractivity contribution is 5.90. The van der Waals surface area contributed by atoms with Crippen LogP contribution in [0.25, 0.3) is 0 Å². The van der Waals surface area contributed by atoms with Crippen molar-refractivity contribution in [2.24, 2.45) is 0 Å². The minimum Gasteiger partial charge on any atom is -0.496 e. The number of carboxylic acids is 1. The normalized spacial score (nSPS) is 14.8.